The molecule has 0 aliphatic heterocycles. The SMILES string of the molecule is C=[P+](C)[O-].Cc1ccc(Nc2cc(F)cc(Cc3cccc(N)c3)c2NS(C)=O)c(F)c1. The van der Waals surface area contributed by atoms with E-state index >= 15 is 0 Å². The molecule has 0 aliphatic carbocycles. The number of anilines is 4. The number of hydrogen-bond acceptors (Lipinski definition) is 4. The molecule has 0 aromatic heterocycles. The normalized spacial score (nSPS) is 11.8. The fourth-order valence-electron chi connectivity index (χ4n) is 2.96. The third-order valence-electron chi connectivity index (χ3n) is 4.17. The predicted molar refractivity (Wildman–Crippen MR) is 132 cm³/mol. The molecule has 0 saturated carbocycles. The summed E-state index contributed by atoms with van der Waals surface area (Å²) in [6.45, 7) is 3.35. The van der Waals surface area contributed by atoms with Gasteiger partial charge in [-0.05, 0) is 66.4 Å². The van der Waals surface area contributed by atoms with Crippen molar-refractivity contribution in [2.75, 3.05) is 28.7 Å². The van der Waals surface area contributed by atoms with Gasteiger partial charge in [0.15, 0.2) is 0 Å². The maximum Gasteiger partial charge on any atom is 0.146 e. The van der Waals surface area contributed by atoms with Crippen LogP contribution in [0.2, 0.25) is 0 Å². The van der Waals surface area contributed by atoms with Gasteiger partial charge in [-0.3, -0.25) is 0 Å². The van der Waals surface area contributed by atoms with E-state index < -0.39 is 30.4 Å². The number of nitrogen functional groups attached to an aromatic ring is 1. The Morgan fingerprint density at radius 1 is 1.12 bits per heavy atom. The zero-order valence-electron chi connectivity index (χ0n) is 18.1. The molecule has 0 heterocycles. The summed E-state index contributed by atoms with van der Waals surface area (Å²) in [6.07, 6.45) is 4.99. The van der Waals surface area contributed by atoms with Crippen LogP contribution in [0.15, 0.2) is 54.6 Å². The molecule has 2 atom stereocenters. The first kappa shape index (κ1) is 25.5. The second kappa shape index (κ2) is 11.7. The first-order chi connectivity index (χ1) is 15.0. The molecule has 4 N–H and O–H groups in total. The summed E-state index contributed by atoms with van der Waals surface area (Å²) in [6, 6.07) is 14.6. The number of nitrogens with one attached hydrogen (secondary N) is 2. The first-order valence-electron chi connectivity index (χ1n) is 9.56. The van der Waals surface area contributed by atoms with Crippen molar-refractivity contribution in [3.05, 3.63) is 82.9 Å². The summed E-state index contributed by atoms with van der Waals surface area (Å²) < 4.78 is 43.3. The number of aryl methyl sites for hydroxylation is 1. The largest absolute Gasteiger partial charge is 0.631 e. The Labute approximate surface area is 190 Å². The van der Waals surface area contributed by atoms with Crippen molar-refractivity contribution in [3.63, 3.8) is 0 Å². The average molecular weight is 478 g/mol. The van der Waals surface area contributed by atoms with Gasteiger partial charge in [-0.15, -0.1) is 0 Å². The molecule has 0 bridgehead atoms. The van der Waals surface area contributed by atoms with Crippen LogP contribution in [0.5, 0.6) is 0 Å². The number of benzene rings is 3. The van der Waals surface area contributed by atoms with Gasteiger partial charge in [-0.25, -0.2) is 13.0 Å². The van der Waals surface area contributed by atoms with Crippen LogP contribution in [-0.2, 0) is 17.4 Å². The van der Waals surface area contributed by atoms with E-state index in [0.717, 1.165) is 11.1 Å². The quantitative estimate of drug-likeness (QED) is 0.355. The Bertz CT molecular complexity index is 1140. The fourth-order valence-corrected chi connectivity index (χ4v) is 3.48. The molecular formula is C23H26F2N3O2PS. The third-order valence-corrected chi connectivity index (χ3v) is 4.66. The van der Waals surface area contributed by atoms with Gasteiger partial charge in [0.05, 0.1) is 30.0 Å². The first-order valence-corrected chi connectivity index (χ1v) is 13.0. The summed E-state index contributed by atoms with van der Waals surface area (Å²) in [5, 5.41) is 2.92. The van der Waals surface area contributed by atoms with Gasteiger partial charge in [0.1, 0.15) is 22.6 Å². The van der Waals surface area contributed by atoms with Crippen molar-refractivity contribution < 1.29 is 17.9 Å². The fraction of sp³-hybridized carbons (Fsp3) is 0.174. The van der Waals surface area contributed by atoms with E-state index in [1.54, 1.807) is 37.9 Å². The van der Waals surface area contributed by atoms with Crippen LogP contribution in [0.3, 0.4) is 0 Å². The van der Waals surface area contributed by atoms with Crippen molar-refractivity contribution in [2.45, 2.75) is 13.3 Å². The van der Waals surface area contributed by atoms with Crippen molar-refractivity contribution in [3.8, 4) is 0 Å². The van der Waals surface area contributed by atoms with Crippen LogP contribution in [0.25, 0.3) is 0 Å². The van der Waals surface area contributed by atoms with Gasteiger partial charge in [-0.1, -0.05) is 18.2 Å². The summed E-state index contributed by atoms with van der Waals surface area (Å²) in [7, 11) is -2.52. The second-order valence-corrected chi connectivity index (χ2v) is 9.57. The molecule has 3 rings (SSSR count). The van der Waals surface area contributed by atoms with Crippen LogP contribution in [0, 0.1) is 18.6 Å². The maximum absolute atomic E-state index is 14.3. The predicted octanol–water partition coefficient (Wildman–Crippen LogP) is 4.70. The topological polar surface area (TPSA) is 90.2 Å². The summed E-state index contributed by atoms with van der Waals surface area (Å²) in [5.74, 6) is -0.938. The Hall–Kier alpha value is -2.80. The van der Waals surface area contributed by atoms with E-state index in [9.17, 15) is 17.9 Å². The van der Waals surface area contributed by atoms with Crippen LogP contribution in [0.4, 0.5) is 31.5 Å². The molecule has 0 spiro atoms. The number of hydrogen-bond donors (Lipinski definition) is 3. The molecule has 32 heavy (non-hydrogen) atoms. The number of rotatable bonds is 6. The lowest BCUT2D eigenvalue weighted by atomic mass is 10.0. The summed E-state index contributed by atoms with van der Waals surface area (Å²) in [4.78, 5) is 9.48. The molecule has 2 unspecified atom stereocenters. The van der Waals surface area contributed by atoms with Crippen molar-refractivity contribution in [2.24, 2.45) is 0 Å². The van der Waals surface area contributed by atoms with E-state index in [2.05, 4.69) is 16.3 Å². The average Bonchev–Trinajstić information content (AvgIpc) is 2.66. The van der Waals surface area contributed by atoms with Crippen molar-refractivity contribution in [1.82, 2.24) is 0 Å². The Balaban J connectivity index is 0.000000837. The van der Waals surface area contributed by atoms with Crippen LogP contribution in [0.1, 0.15) is 16.7 Å². The monoisotopic (exact) mass is 477 g/mol. The maximum atomic E-state index is 14.3. The van der Waals surface area contributed by atoms with Gasteiger partial charge in [0, 0.05) is 19.7 Å². The van der Waals surface area contributed by atoms with E-state index in [0.29, 0.717) is 29.0 Å². The Morgan fingerprint density at radius 2 is 1.81 bits per heavy atom. The zero-order valence-corrected chi connectivity index (χ0v) is 19.8. The number of halogens is 2. The lowest BCUT2D eigenvalue weighted by Gasteiger charge is -2.18. The Morgan fingerprint density at radius 3 is 2.41 bits per heavy atom. The molecule has 0 amide bonds. The number of nitrogens with two attached hydrogens (primary N) is 1. The lowest BCUT2D eigenvalue weighted by Crippen LogP contribution is -2.09. The van der Waals surface area contributed by atoms with Crippen LogP contribution >= 0.6 is 7.77 Å². The highest BCUT2D eigenvalue weighted by atomic mass is 32.2. The molecule has 3 aromatic rings. The molecule has 5 nitrogen and oxygen atoms in total. The smallest absolute Gasteiger partial charge is 0.146 e. The van der Waals surface area contributed by atoms with Gasteiger partial charge in [0.2, 0.25) is 0 Å². The second-order valence-electron chi connectivity index (χ2n) is 7.20. The van der Waals surface area contributed by atoms with Gasteiger partial charge < -0.3 is 20.7 Å². The molecule has 0 radical (unpaired) electrons. The van der Waals surface area contributed by atoms with E-state index in [1.807, 2.05) is 12.1 Å². The van der Waals surface area contributed by atoms with Crippen LogP contribution < -0.4 is 20.7 Å². The minimum atomic E-state index is -1.40. The van der Waals surface area contributed by atoms with Gasteiger partial charge in [-0.2, -0.15) is 0 Å². The van der Waals surface area contributed by atoms with Crippen molar-refractivity contribution in [1.29, 1.82) is 0 Å². The van der Waals surface area contributed by atoms with Crippen LogP contribution in [-0.4, -0.2) is 23.4 Å². The highest BCUT2D eigenvalue weighted by Crippen LogP contribution is 2.33. The van der Waals surface area contributed by atoms with E-state index in [1.165, 1.54) is 24.5 Å². The molecule has 0 aliphatic rings. The molecule has 0 saturated heterocycles. The minimum absolute atomic E-state index is 0.205. The van der Waals surface area contributed by atoms with Gasteiger partial charge >= 0.3 is 0 Å². The Kier molecular flexibility index (Phi) is 9.32. The molecule has 3 aromatic carbocycles. The third kappa shape index (κ3) is 8.04. The van der Waals surface area contributed by atoms with E-state index in [-0.39, 0.29) is 5.69 Å². The van der Waals surface area contributed by atoms with Crippen molar-refractivity contribution >= 4 is 47.8 Å². The van der Waals surface area contributed by atoms with E-state index in [4.69, 9.17) is 5.73 Å². The molecule has 170 valence electrons. The lowest BCUT2D eigenvalue weighted by molar-refractivity contribution is -0.151. The molecule has 9 heteroatoms. The minimum Gasteiger partial charge on any atom is -0.631 e. The highest BCUT2D eigenvalue weighted by Gasteiger charge is 2.15. The zero-order chi connectivity index (χ0) is 23.8. The molecule has 0 fully saturated rings. The summed E-state index contributed by atoms with van der Waals surface area (Å²) >= 11 is 0. The summed E-state index contributed by atoms with van der Waals surface area (Å²) in [5.41, 5.74) is 9.62. The van der Waals surface area contributed by atoms with Gasteiger partial charge in [0.25, 0.3) is 0 Å². The highest BCUT2D eigenvalue weighted by molar-refractivity contribution is 7.85. The molecular weight excluding hydrogens is 451 g/mol. The standard InChI is InChI=1S/C21H21F2N3OS.C2H5OP/c1-13-6-7-19(18(23)8-13)25-20-12-16(22)11-15(21(20)26-28(2)27)9-14-4-3-5-17(24)10-14;1-4(2)3/h3-8,10-12,25-26H,9,24H2,1-2H3;1H2,2H3.